The average Bonchev–Trinajstić information content (AvgIpc) is 3.24. The molecular weight excluding hydrogens is 386 g/mol. The van der Waals surface area contributed by atoms with Crippen LogP contribution in [-0.4, -0.2) is 39.5 Å². The van der Waals surface area contributed by atoms with Crippen LogP contribution in [0, 0.1) is 20.8 Å². The number of aryl methyl sites for hydroxylation is 3. The van der Waals surface area contributed by atoms with Crippen LogP contribution in [0.2, 0.25) is 5.22 Å². The first-order chi connectivity index (χ1) is 12.9. The summed E-state index contributed by atoms with van der Waals surface area (Å²) in [7, 11) is 0. The highest BCUT2D eigenvalue weighted by Crippen LogP contribution is 2.25. The molecule has 144 valence electrons. The molecule has 2 amide bonds. The molecule has 2 heterocycles. The van der Waals surface area contributed by atoms with Gasteiger partial charge in [-0.25, -0.2) is 0 Å². The molecule has 2 aromatic rings. The molecule has 0 aliphatic carbocycles. The van der Waals surface area contributed by atoms with Crippen molar-refractivity contribution in [3.63, 3.8) is 0 Å². The van der Waals surface area contributed by atoms with Gasteiger partial charge in [-0.2, -0.15) is 0 Å². The smallest absolute Gasteiger partial charge is 0.248 e. The minimum absolute atomic E-state index is 0.0723. The lowest BCUT2D eigenvalue weighted by Gasteiger charge is -2.23. The van der Waals surface area contributed by atoms with E-state index >= 15 is 0 Å². The molecule has 0 spiro atoms. The zero-order chi connectivity index (χ0) is 19.6. The molecule has 27 heavy (non-hydrogen) atoms. The van der Waals surface area contributed by atoms with Gasteiger partial charge in [0.05, 0.1) is 11.6 Å². The van der Waals surface area contributed by atoms with Gasteiger partial charge in [0.2, 0.25) is 17.0 Å². The molecule has 0 bridgehead atoms. The molecule has 8 heteroatoms. The minimum Gasteiger partial charge on any atom is -0.344 e. The molecule has 1 aromatic carbocycles. The Labute approximate surface area is 167 Å². The number of hydrogen-bond donors (Lipinski definition) is 1. The molecule has 1 aromatic heterocycles. The second-order valence-corrected chi connectivity index (χ2v) is 8.03. The molecule has 1 aliphatic rings. The molecule has 1 N–H and O–H groups in total. The van der Waals surface area contributed by atoms with Crippen molar-refractivity contribution in [3.05, 3.63) is 45.8 Å². The lowest BCUT2D eigenvalue weighted by Crippen LogP contribution is -2.44. The van der Waals surface area contributed by atoms with Gasteiger partial charge in [0.15, 0.2) is 0 Å². The predicted octanol–water partition coefficient (Wildman–Crippen LogP) is 3.73. The van der Waals surface area contributed by atoms with Crippen molar-refractivity contribution in [1.29, 1.82) is 0 Å². The number of carbonyl (C=O) groups is 2. The van der Waals surface area contributed by atoms with E-state index in [0.717, 1.165) is 16.8 Å². The van der Waals surface area contributed by atoms with Crippen LogP contribution in [0.5, 0.6) is 0 Å². The van der Waals surface area contributed by atoms with E-state index in [4.69, 9.17) is 16.1 Å². The number of thioether (sulfide) groups is 1. The third-order valence-corrected chi connectivity index (χ3v) is 6.11. The van der Waals surface area contributed by atoms with E-state index in [2.05, 4.69) is 10.5 Å². The number of halogens is 1. The van der Waals surface area contributed by atoms with Gasteiger partial charge in [0.25, 0.3) is 0 Å². The zero-order valence-corrected chi connectivity index (χ0v) is 17.1. The summed E-state index contributed by atoms with van der Waals surface area (Å²) in [6.45, 7) is 5.82. The van der Waals surface area contributed by atoms with Crippen molar-refractivity contribution >= 4 is 40.9 Å². The summed E-state index contributed by atoms with van der Waals surface area (Å²) in [6, 6.07) is 5.33. The maximum Gasteiger partial charge on any atom is 0.248 e. The Hall–Kier alpha value is -1.99. The maximum atomic E-state index is 12.7. The fourth-order valence-electron chi connectivity index (χ4n) is 2.97. The Morgan fingerprint density at radius 2 is 2.11 bits per heavy atom. The Balaban J connectivity index is 1.62. The summed E-state index contributed by atoms with van der Waals surface area (Å²) in [4.78, 5) is 27.0. The van der Waals surface area contributed by atoms with E-state index in [0.29, 0.717) is 23.7 Å². The number of hydrogen-bond acceptors (Lipinski definition) is 5. The Bertz CT molecular complexity index is 848. The summed E-state index contributed by atoms with van der Waals surface area (Å²) in [5.41, 5.74) is 4.46. The molecule has 0 radical (unpaired) electrons. The average molecular weight is 408 g/mol. The second-order valence-electron chi connectivity index (χ2n) is 6.69. The van der Waals surface area contributed by atoms with Crippen molar-refractivity contribution in [2.24, 2.45) is 0 Å². The number of anilines is 1. The summed E-state index contributed by atoms with van der Waals surface area (Å²) in [5.74, 6) is 0.878. The number of rotatable bonds is 5. The van der Waals surface area contributed by atoms with Gasteiger partial charge in [0, 0.05) is 23.4 Å². The molecule has 1 aliphatic heterocycles. The third kappa shape index (κ3) is 4.47. The van der Waals surface area contributed by atoms with Gasteiger partial charge in [-0.05, 0) is 62.1 Å². The van der Waals surface area contributed by atoms with E-state index < -0.39 is 6.04 Å². The number of carbonyl (C=O) groups excluding carboxylic acids is 2. The number of nitrogens with one attached hydrogen (secondary N) is 1. The van der Waals surface area contributed by atoms with Crippen LogP contribution in [0.25, 0.3) is 0 Å². The molecule has 0 saturated carbocycles. The van der Waals surface area contributed by atoms with Gasteiger partial charge in [-0.3, -0.25) is 9.59 Å². The fourth-order valence-corrected chi connectivity index (χ4v) is 4.41. The van der Waals surface area contributed by atoms with Crippen LogP contribution in [0.4, 0.5) is 5.69 Å². The van der Waals surface area contributed by atoms with E-state index in [-0.39, 0.29) is 23.5 Å². The normalized spacial score (nSPS) is 16.6. The molecule has 1 unspecified atom stereocenters. The molecule has 1 atom stereocenters. The van der Waals surface area contributed by atoms with Gasteiger partial charge < -0.3 is 14.7 Å². The summed E-state index contributed by atoms with van der Waals surface area (Å²) < 4.78 is 4.92. The lowest BCUT2D eigenvalue weighted by molar-refractivity contribution is -0.136. The number of amides is 2. The van der Waals surface area contributed by atoms with Crippen LogP contribution in [0.3, 0.4) is 0 Å². The van der Waals surface area contributed by atoms with Crippen molar-refractivity contribution in [3.8, 4) is 0 Å². The van der Waals surface area contributed by atoms with Gasteiger partial charge in [-0.15, -0.1) is 11.8 Å². The molecule has 1 saturated heterocycles. The largest absolute Gasteiger partial charge is 0.344 e. The number of benzene rings is 1. The van der Waals surface area contributed by atoms with Crippen LogP contribution in [0.1, 0.15) is 28.8 Å². The van der Waals surface area contributed by atoms with Gasteiger partial charge in [0.1, 0.15) is 6.04 Å². The fraction of sp³-hybridized carbons (Fsp3) is 0.421. The van der Waals surface area contributed by atoms with Crippen molar-refractivity contribution in [2.45, 2.75) is 39.7 Å². The topological polar surface area (TPSA) is 75.4 Å². The lowest BCUT2D eigenvalue weighted by atomic mass is 10.1. The highest BCUT2D eigenvalue weighted by atomic mass is 35.5. The standard InChI is InChI=1S/C19H22ClN3O3S/c1-11-4-5-14(8-12(11)2)21-19(25)16-9-27-10-23(16)17(24)7-6-15-13(3)22-26-18(15)20/h4-5,8,16H,6-7,9-10H2,1-3H3,(H,21,25). The quantitative estimate of drug-likeness (QED) is 0.817. The first-order valence-corrected chi connectivity index (χ1v) is 10.3. The van der Waals surface area contributed by atoms with Crippen LogP contribution in [0.15, 0.2) is 22.7 Å². The van der Waals surface area contributed by atoms with Gasteiger partial charge >= 0.3 is 0 Å². The monoisotopic (exact) mass is 407 g/mol. The van der Waals surface area contributed by atoms with E-state index in [1.165, 1.54) is 5.56 Å². The van der Waals surface area contributed by atoms with Crippen LogP contribution >= 0.6 is 23.4 Å². The van der Waals surface area contributed by atoms with Crippen LogP contribution in [-0.2, 0) is 16.0 Å². The van der Waals surface area contributed by atoms with E-state index in [1.807, 2.05) is 32.0 Å². The predicted molar refractivity (Wildman–Crippen MR) is 107 cm³/mol. The van der Waals surface area contributed by atoms with Crippen molar-refractivity contribution < 1.29 is 14.1 Å². The first-order valence-electron chi connectivity index (χ1n) is 8.72. The number of nitrogens with zero attached hydrogens (tertiary/aromatic N) is 2. The van der Waals surface area contributed by atoms with Crippen LogP contribution < -0.4 is 5.32 Å². The SMILES string of the molecule is Cc1ccc(NC(=O)C2CSCN2C(=O)CCc2c(C)noc2Cl)cc1C. The maximum absolute atomic E-state index is 12.7. The minimum atomic E-state index is -0.469. The highest BCUT2D eigenvalue weighted by Gasteiger charge is 2.34. The molecule has 6 nitrogen and oxygen atoms in total. The molecular formula is C19H22ClN3O3S. The summed E-state index contributed by atoms with van der Waals surface area (Å²) in [5, 5.41) is 6.95. The van der Waals surface area contributed by atoms with Crippen molar-refractivity contribution in [1.82, 2.24) is 10.1 Å². The summed E-state index contributed by atoms with van der Waals surface area (Å²) in [6.07, 6.45) is 0.704. The number of aromatic nitrogens is 1. The van der Waals surface area contributed by atoms with Gasteiger partial charge in [-0.1, -0.05) is 11.2 Å². The van der Waals surface area contributed by atoms with E-state index in [9.17, 15) is 9.59 Å². The second kappa shape index (κ2) is 8.35. The first kappa shape index (κ1) is 19.8. The molecule has 1 fully saturated rings. The highest BCUT2D eigenvalue weighted by molar-refractivity contribution is 7.99. The summed E-state index contributed by atoms with van der Waals surface area (Å²) >= 11 is 7.54. The Morgan fingerprint density at radius 3 is 2.78 bits per heavy atom. The zero-order valence-electron chi connectivity index (χ0n) is 15.5. The van der Waals surface area contributed by atoms with E-state index in [1.54, 1.807) is 23.6 Å². The Kier molecular flexibility index (Phi) is 6.11. The third-order valence-electron chi connectivity index (χ3n) is 4.81. The molecule has 3 rings (SSSR count). The van der Waals surface area contributed by atoms with Crippen molar-refractivity contribution in [2.75, 3.05) is 16.9 Å². The Morgan fingerprint density at radius 1 is 1.33 bits per heavy atom.